The summed E-state index contributed by atoms with van der Waals surface area (Å²) in [5, 5.41) is 3.05. The van der Waals surface area contributed by atoms with Crippen molar-refractivity contribution >= 4 is 17.6 Å². The van der Waals surface area contributed by atoms with Gasteiger partial charge in [-0.05, 0) is 49.3 Å². The van der Waals surface area contributed by atoms with E-state index in [-0.39, 0.29) is 17.7 Å². The summed E-state index contributed by atoms with van der Waals surface area (Å²) >= 11 is 0. The predicted octanol–water partition coefficient (Wildman–Crippen LogP) is 3.17. The van der Waals surface area contributed by atoms with E-state index in [1.54, 1.807) is 0 Å². The lowest BCUT2D eigenvalue weighted by atomic mass is 9.95. The summed E-state index contributed by atoms with van der Waals surface area (Å²) < 4.78 is 0. The van der Waals surface area contributed by atoms with Crippen molar-refractivity contribution < 1.29 is 9.59 Å². The van der Waals surface area contributed by atoms with Gasteiger partial charge in [-0.25, -0.2) is 4.98 Å². The number of amides is 2. The van der Waals surface area contributed by atoms with Gasteiger partial charge in [-0.1, -0.05) is 36.4 Å². The Morgan fingerprint density at radius 3 is 2.35 bits per heavy atom. The number of piperidine rings is 1. The number of carbonyl (C=O) groups is 2. The Kier molecular flexibility index (Phi) is 7.18. The van der Waals surface area contributed by atoms with Crippen molar-refractivity contribution in [2.75, 3.05) is 31.1 Å². The van der Waals surface area contributed by atoms with Gasteiger partial charge in [0.1, 0.15) is 5.82 Å². The van der Waals surface area contributed by atoms with Gasteiger partial charge in [0.25, 0.3) is 0 Å². The highest BCUT2D eigenvalue weighted by atomic mass is 16.2. The van der Waals surface area contributed by atoms with Gasteiger partial charge in [0.15, 0.2) is 0 Å². The number of carbonyl (C=O) groups excluding carboxylic acids is 2. The number of hydrogen-bond acceptors (Lipinski definition) is 4. The van der Waals surface area contributed by atoms with Crippen LogP contribution in [-0.4, -0.2) is 47.9 Å². The van der Waals surface area contributed by atoms with Crippen molar-refractivity contribution in [3.63, 3.8) is 0 Å². The lowest BCUT2D eigenvalue weighted by Gasteiger charge is -2.31. The molecule has 6 heteroatoms. The summed E-state index contributed by atoms with van der Waals surface area (Å²) in [6, 6.07) is 14.2. The molecule has 0 saturated carbocycles. The number of aromatic nitrogens is 1. The highest BCUT2D eigenvalue weighted by Crippen LogP contribution is 2.20. The topological polar surface area (TPSA) is 65.5 Å². The van der Waals surface area contributed by atoms with Gasteiger partial charge in [0.05, 0.1) is 0 Å². The van der Waals surface area contributed by atoms with Gasteiger partial charge in [-0.15, -0.1) is 0 Å². The summed E-state index contributed by atoms with van der Waals surface area (Å²) in [6.45, 7) is 3.99. The summed E-state index contributed by atoms with van der Waals surface area (Å²) in [5.74, 6) is 1.28. The number of anilines is 1. The van der Waals surface area contributed by atoms with Crippen LogP contribution in [0.15, 0.2) is 48.7 Å². The third-order valence-electron chi connectivity index (χ3n) is 6.39. The molecule has 0 bridgehead atoms. The monoisotopic (exact) mass is 420 g/mol. The molecule has 31 heavy (non-hydrogen) atoms. The number of rotatable bonds is 7. The summed E-state index contributed by atoms with van der Waals surface area (Å²) in [4.78, 5) is 33.9. The second kappa shape index (κ2) is 10.4. The maximum absolute atomic E-state index is 12.6. The van der Waals surface area contributed by atoms with Gasteiger partial charge < -0.3 is 15.1 Å². The first-order valence-corrected chi connectivity index (χ1v) is 11.5. The van der Waals surface area contributed by atoms with E-state index in [0.717, 1.165) is 43.7 Å². The number of hydrogen-bond donors (Lipinski definition) is 1. The molecule has 6 nitrogen and oxygen atoms in total. The predicted molar refractivity (Wildman–Crippen MR) is 122 cm³/mol. The maximum atomic E-state index is 12.6. The number of aryl methyl sites for hydroxylation is 1. The van der Waals surface area contributed by atoms with Crippen LogP contribution in [0.1, 0.15) is 43.2 Å². The van der Waals surface area contributed by atoms with Crippen LogP contribution in [0.4, 0.5) is 5.82 Å². The maximum Gasteiger partial charge on any atom is 0.223 e. The highest BCUT2D eigenvalue weighted by Gasteiger charge is 2.27. The molecule has 2 saturated heterocycles. The van der Waals surface area contributed by atoms with Gasteiger partial charge in [0, 0.05) is 51.3 Å². The second-order valence-electron chi connectivity index (χ2n) is 8.58. The van der Waals surface area contributed by atoms with Crippen LogP contribution in [0.25, 0.3) is 0 Å². The summed E-state index contributed by atoms with van der Waals surface area (Å²) in [6.07, 6.45) is 7.09. The molecule has 0 aliphatic carbocycles. The van der Waals surface area contributed by atoms with Gasteiger partial charge in [-0.2, -0.15) is 0 Å². The molecule has 2 fully saturated rings. The quantitative estimate of drug-likeness (QED) is 0.747. The lowest BCUT2D eigenvalue weighted by molar-refractivity contribution is -0.135. The second-order valence-corrected chi connectivity index (χ2v) is 8.58. The third-order valence-corrected chi connectivity index (χ3v) is 6.39. The molecule has 0 atom stereocenters. The Labute approximate surface area is 184 Å². The molecule has 0 spiro atoms. The SMILES string of the molecule is O=C(NCc1ccc(N2CCCC2)nc1)C1CCN(C(=O)CCc2ccccc2)CC1. The van der Waals surface area contributed by atoms with Crippen LogP contribution in [0.3, 0.4) is 0 Å². The highest BCUT2D eigenvalue weighted by molar-refractivity contribution is 5.80. The van der Waals surface area contributed by atoms with Gasteiger partial charge >= 0.3 is 0 Å². The molecule has 164 valence electrons. The fourth-order valence-corrected chi connectivity index (χ4v) is 4.43. The molecular formula is C25H32N4O2. The first-order valence-electron chi connectivity index (χ1n) is 11.5. The molecule has 4 rings (SSSR count). The molecule has 0 radical (unpaired) electrons. The fraction of sp³-hybridized carbons (Fsp3) is 0.480. The van der Waals surface area contributed by atoms with E-state index in [2.05, 4.69) is 33.4 Å². The number of benzene rings is 1. The van der Waals surface area contributed by atoms with Crippen LogP contribution in [-0.2, 0) is 22.6 Å². The van der Waals surface area contributed by atoms with E-state index in [1.807, 2.05) is 35.4 Å². The normalized spacial score (nSPS) is 17.0. The van der Waals surface area contributed by atoms with E-state index in [4.69, 9.17) is 0 Å². The Balaban J connectivity index is 1.17. The molecular weight excluding hydrogens is 388 g/mol. The Morgan fingerprint density at radius 2 is 1.68 bits per heavy atom. The van der Waals surface area contributed by atoms with Crippen molar-refractivity contribution in [3.05, 3.63) is 59.8 Å². The zero-order valence-electron chi connectivity index (χ0n) is 18.1. The largest absolute Gasteiger partial charge is 0.357 e. The average molecular weight is 421 g/mol. The molecule has 2 amide bonds. The first-order chi connectivity index (χ1) is 15.2. The molecule has 0 unspecified atom stereocenters. The fourth-order valence-electron chi connectivity index (χ4n) is 4.43. The molecule has 2 aliphatic rings. The number of likely N-dealkylation sites (tertiary alicyclic amines) is 1. The minimum Gasteiger partial charge on any atom is -0.357 e. The van der Waals surface area contributed by atoms with E-state index in [1.165, 1.54) is 18.4 Å². The van der Waals surface area contributed by atoms with Crippen LogP contribution < -0.4 is 10.2 Å². The van der Waals surface area contributed by atoms with Crippen LogP contribution in [0, 0.1) is 5.92 Å². The molecule has 1 N–H and O–H groups in total. The molecule has 1 aromatic carbocycles. The van der Waals surface area contributed by atoms with Gasteiger partial charge in [-0.3, -0.25) is 9.59 Å². The first kappa shape index (κ1) is 21.3. The van der Waals surface area contributed by atoms with E-state index in [0.29, 0.717) is 26.1 Å². The average Bonchev–Trinajstić information content (AvgIpc) is 3.37. The van der Waals surface area contributed by atoms with Crippen molar-refractivity contribution in [1.29, 1.82) is 0 Å². The van der Waals surface area contributed by atoms with Gasteiger partial charge in [0.2, 0.25) is 11.8 Å². The third kappa shape index (κ3) is 5.84. The summed E-state index contributed by atoms with van der Waals surface area (Å²) in [5.41, 5.74) is 2.21. The minimum absolute atomic E-state index is 0.0185. The number of pyridine rings is 1. The molecule has 1 aromatic heterocycles. The van der Waals surface area contributed by atoms with Crippen LogP contribution in [0.5, 0.6) is 0 Å². The Morgan fingerprint density at radius 1 is 0.935 bits per heavy atom. The Bertz CT molecular complexity index is 855. The van der Waals surface area contributed by atoms with E-state index in [9.17, 15) is 9.59 Å². The number of nitrogens with one attached hydrogen (secondary N) is 1. The van der Waals surface area contributed by atoms with Crippen molar-refractivity contribution in [2.45, 2.75) is 45.1 Å². The zero-order valence-corrected chi connectivity index (χ0v) is 18.1. The van der Waals surface area contributed by atoms with Crippen molar-refractivity contribution in [2.24, 2.45) is 5.92 Å². The molecule has 3 heterocycles. The smallest absolute Gasteiger partial charge is 0.223 e. The van der Waals surface area contributed by atoms with Crippen molar-refractivity contribution in [3.8, 4) is 0 Å². The number of nitrogens with zero attached hydrogens (tertiary/aromatic N) is 3. The standard InChI is InChI=1S/C25H32N4O2/c30-24(11-9-20-6-2-1-3-7-20)29-16-12-22(13-17-29)25(31)27-19-21-8-10-23(26-18-21)28-14-4-5-15-28/h1-3,6-8,10,18,22H,4-5,9,11-17,19H2,(H,27,31). The summed E-state index contributed by atoms with van der Waals surface area (Å²) in [7, 11) is 0. The van der Waals surface area contributed by atoms with E-state index >= 15 is 0 Å². The molecule has 2 aromatic rings. The van der Waals surface area contributed by atoms with Crippen LogP contribution in [0.2, 0.25) is 0 Å². The Hall–Kier alpha value is -2.89. The van der Waals surface area contributed by atoms with Crippen molar-refractivity contribution in [1.82, 2.24) is 15.2 Å². The van der Waals surface area contributed by atoms with E-state index < -0.39 is 0 Å². The molecule has 2 aliphatic heterocycles. The van der Waals surface area contributed by atoms with Crippen LogP contribution >= 0.6 is 0 Å². The zero-order chi connectivity index (χ0) is 21.5. The lowest BCUT2D eigenvalue weighted by Crippen LogP contribution is -2.43. The minimum atomic E-state index is -0.0185.